The zero-order valence-electron chi connectivity index (χ0n) is 16.3. The first-order valence-electron chi connectivity index (χ1n) is 8.60. The van der Waals surface area contributed by atoms with E-state index in [-0.39, 0.29) is 5.96 Å². The number of benzene rings is 3. The summed E-state index contributed by atoms with van der Waals surface area (Å²) >= 11 is 0. The lowest BCUT2D eigenvalue weighted by Crippen LogP contribution is -2.21. The molecule has 10 nitrogen and oxygen atoms in total. The molecule has 0 heterocycles. The molecule has 3 aromatic carbocycles. The number of nitrogens with two attached hydrogens (primary N) is 3. The van der Waals surface area contributed by atoms with Crippen LogP contribution in [0.4, 0.5) is 5.69 Å². The number of fused-ring (bicyclic) bond motifs is 1. The minimum absolute atomic E-state index is 0.0593. The van der Waals surface area contributed by atoms with Crippen molar-refractivity contribution in [2.45, 2.75) is 0 Å². The van der Waals surface area contributed by atoms with Crippen molar-refractivity contribution >= 4 is 44.4 Å². The molecule has 0 aromatic heterocycles. The monoisotopic (exact) mass is 444 g/mol. The third-order valence-corrected chi connectivity index (χ3v) is 3.67. The largest absolute Gasteiger partial charge is 0.423 e. The van der Waals surface area contributed by atoms with Crippen molar-refractivity contribution in [2.24, 2.45) is 22.2 Å². The molecule has 0 radical (unpaired) electrons. The molecule has 0 fully saturated rings. The molecule has 0 saturated carbocycles. The highest BCUT2D eigenvalue weighted by Gasteiger charge is 2.10. The van der Waals surface area contributed by atoms with E-state index < -0.39 is 22.0 Å². The van der Waals surface area contributed by atoms with Gasteiger partial charge in [0.15, 0.2) is 5.96 Å². The minimum Gasteiger partial charge on any atom is -0.423 e. The van der Waals surface area contributed by atoms with E-state index in [1.807, 2.05) is 0 Å². The van der Waals surface area contributed by atoms with Gasteiger partial charge in [0.1, 0.15) is 5.75 Å². The zero-order valence-corrected chi connectivity index (χ0v) is 17.2. The number of nitrogens with zero attached hydrogens (tertiary/aromatic N) is 1. The molecule has 0 unspecified atom stereocenters. The van der Waals surface area contributed by atoms with Crippen LogP contribution in [0.1, 0.15) is 20.7 Å². The maximum atomic E-state index is 12.3. The smallest absolute Gasteiger partial charge is 0.343 e. The van der Waals surface area contributed by atoms with Crippen LogP contribution in [-0.4, -0.2) is 37.1 Å². The fraction of sp³-hybridized carbons (Fsp3) is 0.0500. The van der Waals surface area contributed by atoms with Gasteiger partial charge < -0.3 is 21.9 Å². The Bertz CT molecular complexity index is 1240. The maximum absolute atomic E-state index is 12.3. The number of amides is 1. The molecule has 0 aliphatic heterocycles. The van der Waals surface area contributed by atoms with Crippen LogP contribution < -0.4 is 21.9 Å². The second-order valence-electron chi connectivity index (χ2n) is 6.29. The molecule has 3 aromatic rings. The quantitative estimate of drug-likeness (QED) is 0.153. The molecule has 0 aliphatic carbocycles. The average Bonchev–Trinajstić information content (AvgIpc) is 2.66. The Balaban J connectivity index is 0.000000614. The number of guanidine groups is 1. The molecule has 0 atom stereocenters. The van der Waals surface area contributed by atoms with Gasteiger partial charge in [-0.2, -0.15) is 8.42 Å². The van der Waals surface area contributed by atoms with E-state index >= 15 is 0 Å². The van der Waals surface area contributed by atoms with Crippen molar-refractivity contribution in [3.8, 4) is 5.75 Å². The molecular weight excluding hydrogens is 424 g/mol. The number of rotatable bonds is 4. The third kappa shape index (κ3) is 7.76. The predicted molar refractivity (Wildman–Crippen MR) is 117 cm³/mol. The van der Waals surface area contributed by atoms with Crippen molar-refractivity contribution in [3.05, 3.63) is 71.8 Å². The Morgan fingerprint density at radius 1 is 0.871 bits per heavy atom. The zero-order chi connectivity index (χ0) is 23.2. The minimum atomic E-state index is -3.67. The molecule has 3 rings (SSSR count). The highest BCUT2D eigenvalue weighted by atomic mass is 32.2. The Hall–Kier alpha value is -3.96. The van der Waals surface area contributed by atoms with Gasteiger partial charge in [-0.1, -0.05) is 12.1 Å². The van der Waals surface area contributed by atoms with Crippen molar-refractivity contribution < 1.29 is 27.3 Å². The molecule has 31 heavy (non-hydrogen) atoms. The average molecular weight is 444 g/mol. The van der Waals surface area contributed by atoms with Crippen molar-refractivity contribution in [1.29, 1.82) is 0 Å². The Labute approximate surface area is 178 Å². The first-order valence-corrected chi connectivity index (χ1v) is 10.4. The lowest BCUT2D eigenvalue weighted by atomic mass is 10.1. The predicted octanol–water partition coefficient (Wildman–Crippen LogP) is 1.57. The Morgan fingerprint density at radius 3 is 1.94 bits per heavy atom. The Morgan fingerprint density at radius 2 is 1.39 bits per heavy atom. The standard InChI is InChI=1S/C19H16N4O3.CH4O3S/c20-17(24)14-2-1-13-10-16(8-5-12(13)9-14)26-18(25)11-3-6-15(7-4-11)23-19(21)22;1-5(2,3)4/h1-10H,(H2,20,24)(H4,21,22,23);1H3,(H,2,3,4). The summed E-state index contributed by atoms with van der Waals surface area (Å²) in [6, 6.07) is 16.6. The summed E-state index contributed by atoms with van der Waals surface area (Å²) < 4.78 is 31.3. The fourth-order valence-electron chi connectivity index (χ4n) is 2.43. The number of esters is 1. The first kappa shape index (κ1) is 23.3. The van der Waals surface area contributed by atoms with Gasteiger partial charge in [0.2, 0.25) is 5.91 Å². The summed E-state index contributed by atoms with van der Waals surface area (Å²) in [5.74, 6) is -0.667. The number of hydrogen-bond acceptors (Lipinski definition) is 6. The van der Waals surface area contributed by atoms with Crippen molar-refractivity contribution in [1.82, 2.24) is 0 Å². The molecule has 162 valence electrons. The van der Waals surface area contributed by atoms with Gasteiger partial charge in [-0.05, 0) is 59.3 Å². The van der Waals surface area contributed by atoms with Gasteiger partial charge >= 0.3 is 5.97 Å². The molecule has 0 bridgehead atoms. The molecule has 0 spiro atoms. The topological polar surface area (TPSA) is 188 Å². The Kier molecular flexibility index (Phi) is 7.29. The maximum Gasteiger partial charge on any atom is 0.343 e. The lowest BCUT2D eigenvalue weighted by Gasteiger charge is -2.07. The number of carbonyl (C=O) groups excluding carboxylic acids is 2. The van der Waals surface area contributed by atoms with Gasteiger partial charge in [-0.25, -0.2) is 9.79 Å². The van der Waals surface area contributed by atoms with Crippen LogP contribution in [0.2, 0.25) is 0 Å². The molecule has 7 N–H and O–H groups in total. The highest BCUT2D eigenvalue weighted by molar-refractivity contribution is 7.85. The van der Waals surface area contributed by atoms with Crippen LogP contribution >= 0.6 is 0 Å². The fourth-order valence-corrected chi connectivity index (χ4v) is 2.43. The summed E-state index contributed by atoms with van der Waals surface area (Å²) in [6.45, 7) is 0. The van der Waals surface area contributed by atoms with Crippen LogP contribution in [0.25, 0.3) is 10.8 Å². The molecular formula is C20H20N4O6S. The van der Waals surface area contributed by atoms with E-state index in [4.69, 9.17) is 26.5 Å². The number of hydrogen-bond donors (Lipinski definition) is 4. The summed E-state index contributed by atoms with van der Waals surface area (Å²) in [4.78, 5) is 27.4. The SMILES string of the molecule is CS(=O)(=O)O.NC(=O)c1ccc2cc(OC(=O)c3ccc(N=C(N)N)cc3)ccc2c1. The molecule has 0 saturated heterocycles. The van der Waals surface area contributed by atoms with Crippen LogP contribution in [-0.2, 0) is 10.1 Å². The number of primary amides is 1. The van der Waals surface area contributed by atoms with Crippen LogP contribution in [0.3, 0.4) is 0 Å². The van der Waals surface area contributed by atoms with Crippen molar-refractivity contribution in [3.63, 3.8) is 0 Å². The van der Waals surface area contributed by atoms with E-state index in [0.717, 1.165) is 10.8 Å². The van der Waals surface area contributed by atoms with E-state index in [1.165, 1.54) is 0 Å². The first-order chi connectivity index (χ1) is 14.4. The van der Waals surface area contributed by atoms with Crippen LogP contribution in [0.15, 0.2) is 65.7 Å². The van der Waals surface area contributed by atoms with Gasteiger partial charge in [-0.3, -0.25) is 9.35 Å². The summed E-state index contributed by atoms with van der Waals surface area (Å²) in [6.07, 6.45) is 0.715. The lowest BCUT2D eigenvalue weighted by molar-refractivity contribution is 0.0734. The normalized spacial score (nSPS) is 10.5. The molecule has 1 amide bonds. The summed E-state index contributed by atoms with van der Waals surface area (Å²) in [5.41, 5.74) is 17.2. The third-order valence-electron chi connectivity index (χ3n) is 3.67. The van der Waals surface area contributed by atoms with E-state index in [0.29, 0.717) is 28.8 Å². The number of carbonyl (C=O) groups is 2. The second kappa shape index (κ2) is 9.69. The summed E-state index contributed by atoms with van der Waals surface area (Å²) in [7, 11) is -3.67. The van der Waals surface area contributed by atoms with E-state index in [9.17, 15) is 18.0 Å². The second-order valence-corrected chi connectivity index (χ2v) is 7.76. The molecule has 11 heteroatoms. The van der Waals surface area contributed by atoms with Crippen LogP contribution in [0.5, 0.6) is 5.75 Å². The highest BCUT2D eigenvalue weighted by Crippen LogP contribution is 2.23. The van der Waals surface area contributed by atoms with Gasteiger partial charge in [0, 0.05) is 5.56 Å². The summed E-state index contributed by atoms with van der Waals surface area (Å²) in [5, 5.41) is 1.64. The van der Waals surface area contributed by atoms with Crippen LogP contribution in [0, 0.1) is 0 Å². The van der Waals surface area contributed by atoms with Gasteiger partial charge in [0.05, 0.1) is 17.5 Å². The van der Waals surface area contributed by atoms with E-state index in [2.05, 4.69) is 4.99 Å². The van der Waals surface area contributed by atoms with Gasteiger partial charge in [0.25, 0.3) is 10.1 Å². The molecule has 0 aliphatic rings. The van der Waals surface area contributed by atoms with E-state index in [1.54, 1.807) is 60.7 Å². The number of aliphatic imine (C=N–C) groups is 1. The van der Waals surface area contributed by atoms with Crippen molar-refractivity contribution in [2.75, 3.05) is 6.26 Å². The number of ether oxygens (including phenoxy) is 1. The van der Waals surface area contributed by atoms with Gasteiger partial charge in [-0.15, -0.1) is 0 Å².